The summed E-state index contributed by atoms with van der Waals surface area (Å²) < 4.78 is 29.0. The summed E-state index contributed by atoms with van der Waals surface area (Å²) in [6, 6.07) is 0. The maximum atomic E-state index is 10.3. The van der Waals surface area contributed by atoms with Gasteiger partial charge in [0.05, 0.1) is 0 Å². The van der Waals surface area contributed by atoms with Gasteiger partial charge < -0.3 is 5.73 Å². The number of hydrogen-bond donors (Lipinski definition) is 2. The van der Waals surface area contributed by atoms with Crippen LogP contribution in [0, 0.1) is 5.41 Å². The quantitative estimate of drug-likeness (QED) is 0.524. The van der Waals surface area contributed by atoms with Crippen LogP contribution in [0.5, 0.6) is 0 Å². The lowest BCUT2D eigenvalue weighted by Crippen LogP contribution is -2.24. The normalized spacial score (nSPS) is 13.3. The third-order valence-corrected chi connectivity index (χ3v) is 3.63. The molecular weight excluding hydrogens is 198 g/mol. The minimum absolute atomic E-state index is 0.0578. The lowest BCUT2D eigenvalue weighted by atomic mass is 9.91. The van der Waals surface area contributed by atoms with Gasteiger partial charge in [0.1, 0.15) is 0 Å². The molecule has 6 heteroatoms. The van der Waals surface area contributed by atoms with E-state index in [0.29, 0.717) is 29.5 Å². The molecule has 0 aliphatic heterocycles. The van der Waals surface area contributed by atoms with Crippen LogP contribution in [0.3, 0.4) is 0 Å². The van der Waals surface area contributed by atoms with E-state index >= 15 is 0 Å². The Kier molecular flexibility index (Phi) is 4.54. The Hall–Kier alpha value is 0.220. The second-order valence-corrected chi connectivity index (χ2v) is 6.84. The fraction of sp³-hybridized carbons (Fsp3) is 1.00. The van der Waals surface area contributed by atoms with E-state index in [2.05, 4.69) is 0 Å². The lowest BCUT2D eigenvalue weighted by Gasteiger charge is -2.20. The van der Waals surface area contributed by atoms with Crippen LogP contribution < -0.4 is 5.73 Å². The first-order valence-electron chi connectivity index (χ1n) is 3.59. The first kappa shape index (κ1) is 12.2. The van der Waals surface area contributed by atoms with Crippen LogP contribution in [-0.4, -0.2) is 25.3 Å². The average Bonchev–Trinajstić information content (AvgIpc) is 1.84. The van der Waals surface area contributed by atoms with E-state index < -0.39 is 9.15 Å². The van der Waals surface area contributed by atoms with Crippen LogP contribution in [0.1, 0.15) is 20.3 Å². The average molecular weight is 213 g/mol. The van der Waals surface area contributed by atoms with Gasteiger partial charge in [-0.05, 0) is 29.2 Å². The summed E-state index contributed by atoms with van der Waals surface area (Å²) in [5.41, 5.74) is 5.38. The van der Waals surface area contributed by atoms with Crippen molar-refractivity contribution in [1.82, 2.24) is 0 Å². The van der Waals surface area contributed by atoms with E-state index in [0.717, 1.165) is 0 Å². The molecule has 0 fully saturated rings. The third kappa shape index (κ3) is 6.90. The van der Waals surface area contributed by atoms with Crippen molar-refractivity contribution in [2.75, 3.05) is 12.3 Å². The van der Waals surface area contributed by atoms with Crippen molar-refractivity contribution in [2.24, 2.45) is 11.1 Å². The van der Waals surface area contributed by atoms with Crippen molar-refractivity contribution in [2.45, 2.75) is 20.3 Å². The summed E-state index contributed by atoms with van der Waals surface area (Å²) in [5, 5.41) is 0. The molecule has 0 heterocycles. The highest BCUT2D eigenvalue weighted by Crippen LogP contribution is 2.22. The van der Waals surface area contributed by atoms with Crippen LogP contribution in [0.2, 0.25) is 0 Å². The van der Waals surface area contributed by atoms with Crippen LogP contribution >= 0.6 is 10.8 Å². The van der Waals surface area contributed by atoms with Crippen molar-refractivity contribution < 1.29 is 13.0 Å². The predicted octanol–water partition coefficient (Wildman–Crippen LogP) is 0.897. The first-order chi connectivity index (χ1) is 5.27. The fourth-order valence-corrected chi connectivity index (χ4v) is 2.25. The largest absolute Gasteiger partial charge is 0.330 e. The molecule has 12 heavy (non-hydrogen) atoms. The Labute approximate surface area is 77.1 Å². The monoisotopic (exact) mass is 213 g/mol. The number of hydrogen-bond acceptors (Lipinski definition) is 4. The van der Waals surface area contributed by atoms with Crippen molar-refractivity contribution in [3.63, 3.8) is 0 Å². The molecule has 0 saturated heterocycles. The van der Waals surface area contributed by atoms with Crippen molar-refractivity contribution in [3.05, 3.63) is 0 Å². The Morgan fingerprint density at radius 2 is 2.00 bits per heavy atom. The van der Waals surface area contributed by atoms with Crippen LogP contribution in [0.15, 0.2) is 0 Å². The van der Waals surface area contributed by atoms with Crippen molar-refractivity contribution in [3.8, 4) is 0 Å². The molecule has 0 aliphatic rings. The molecule has 0 aromatic carbocycles. The van der Waals surface area contributed by atoms with Gasteiger partial charge in [0.25, 0.3) is 0 Å². The standard InChI is InChI=1S/C6H15NO3S2/c1-6(2,5-7)3-4-11-12(8,9)10/h3-5,7H2,1-2H3,(H,8,9,10). The van der Waals surface area contributed by atoms with E-state index in [1.165, 1.54) is 0 Å². The molecule has 0 aromatic rings. The predicted molar refractivity (Wildman–Crippen MR) is 51.5 cm³/mol. The zero-order valence-electron chi connectivity index (χ0n) is 7.28. The number of nitrogens with two attached hydrogens (primary N) is 1. The van der Waals surface area contributed by atoms with Gasteiger partial charge in [-0.3, -0.25) is 4.55 Å². The molecule has 0 atom stereocenters. The maximum Gasteiger partial charge on any atom is 0.319 e. The minimum atomic E-state index is -3.88. The maximum absolute atomic E-state index is 10.3. The van der Waals surface area contributed by atoms with E-state index in [-0.39, 0.29) is 5.41 Å². The molecule has 0 amide bonds. The van der Waals surface area contributed by atoms with E-state index in [1.807, 2.05) is 13.8 Å². The molecule has 0 unspecified atom stereocenters. The highest BCUT2D eigenvalue weighted by Gasteiger charge is 2.16. The molecule has 0 rings (SSSR count). The highest BCUT2D eigenvalue weighted by molar-refractivity contribution is 8.69. The second-order valence-electron chi connectivity index (χ2n) is 3.37. The van der Waals surface area contributed by atoms with Gasteiger partial charge in [-0.2, -0.15) is 8.42 Å². The molecule has 0 radical (unpaired) electrons. The molecule has 0 aromatic heterocycles. The van der Waals surface area contributed by atoms with E-state index in [4.69, 9.17) is 10.3 Å². The summed E-state index contributed by atoms with van der Waals surface area (Å²) in [5.74, 6) is 0.378. The smallest absolute Gasteiger partial charge is 0.319 e. The summed E-state index contributed by atoms with van der Waals surface area (Å²) in [4.78, 5) is 0. The van der Waals surface area contributed by atoms with Crippen LogP contribution in [-0.2, 0) is 9.15 Å². The second kappa shape index (κ2) is 4.45. The molecular formula is C6H15NO3S2. The number of rotatable bonds is 5. The minimum Gasteiger partial charge on any atom is -0.330 e. The summed E-state index contributed by atoms with van der Waals surface area (Å²) >= 11 is 0. The van der Waals surface area contributed by atoms with Gasteiger partial charge >= 0.3 is 9.15 Å². The summed E-state index contributed by atoms with van der Waals surface area (Å²) in [6.07, 6.45) is 0.675. The molecule has 0 aliphatic carbocycles. The first-order valence-corrected chi connectivity index (χ1v) is 6.53. The van der Waals surface area contributed by atoms with Gasteiger partial charge in [-0.25, -0.2) is 0 Å². The van der Waals surface area contributed by atoms with Gasteiger partial charge in [0.15, 0.2) is 0 Å². The topological polar surface area (TPSA) is 80.4 Å². The summed E-state index contributed by atoms with van der Waals surface area (Å²) in [7, 11) is -3.33. The van der Waals surface area contributed by atoms with Gasteiger partial charge in [-0.15, -0.1) is 0 Å². The molecule has 3 N–H and O–H groups in total. The SMILES string of the molecule is CC(C)(CN)CCSS(=O)(=O)O. The molecule has 4 nitrogen and oxygen atoms in total. The molecule has 0 bridgehead atoms. The zero-order chi connectivity index (χ0) is 9.83. The Balaban J connectivity index is 3.72. The Morgan fingerprint density at radius 1 is 1.50 bits per heavy atom. The fourth-order valence-electron chi connectivity index (χ4n) is 0.525. The lowest BCUT2D eigenvalue weighted by molar-refractivity contribution is 0.368. The zero-order valence-corrected chi connectivity index (χ0v) is 8.91. The van der Waals surface area contributed by atoms with Gasteiger partial charge in [0, 0.05) is 5.75 Å². The van der Waals surface area contributed by atoms with Crippen LogP contribution in [0.25, 0.3) is 0 Å². The van der Waals surface area contributed by atoms with E-state index in [9.17, 15) is 8.42 Å². The molecule has 74 valence electrons. The highest BCUT2D eigenvalue weighted by atomic mass is 33.1. The van der Waals surface area contributed by atoms with Gasteiger partial charge in [-0.1, -0.05) is 13.8 Å². The summed E-state index contributed by atoms with van der Waals surface area (Å²) in [6.45, 7) is 4.42. The van der Waals surface area contributed by atoms with Gasteiger partial charge in [0.2, 0.25) is 0 Å². The molecule has 0 spiro atoms. The molecule has 0 saturated carbocycles. The Bertz CT molecular complexity index is 223. The Morgan fingerprint density at radius 3 is 2.33 bits per heavy atom. The third-order valence-electron chi connectivity index (χ3n) is 1.56. The van der Waals surface area contributed by atoms with Crippen molar-refractivity contribution >= 4 is 19.9 Å². The van der Waals surface area contributed by atoms with E-state index in [1.54, 1.807) is 0 Å². The van der Waals surface area contributed by atoms with Crippen LogP contribution in [0.4, 0.5) is 0 Å². The van der Waals surface area contributed by atoms with Crippen molar-refractivity contribution in [1.29, 1.82) is 0 Å².